The fourth-order valence-electron chi connectivity index (χ4n) is 2.39. The quantitative estimate of drug-likeness (QED) is 0.876. The summed E-state index contributed by atoms with van der Waals surface area (Å²) in [5, 5.41) is 6.51. The number of halogens is 1. The largest absolute Gasteiger partial charge is 0.490 e. The molecule has 0 fully saturated rings. The number of amides is 1. The molecule has 23 heavy (non-hydrogen) atoms. The number of fused-ring (bicyclic) bond motifs is 1. The van der Waals surface area contributed by atoms with Gasteiger partial charge in [-0.3, -0.25) is 4.79 Å². The van der Waals surface area contributed by atoms with Crippen LogP contribution in [0.4, 0.5) is 11.4 Å². The lowest BCUT2D eigenvalue weighted by Gasteiger charge is -2.20. The molecule has 4 nitrogen and oxygen atoms in total. The molecule has 1 aliphatic rings. The third kappa shape index (κ3) is 3.48. The Morgan fingerprint density at radius 3 is 2.83 bits per heavy atom. The minimum atomic E-state index is -0.206. The number of carbonyl (C=O) groups excluding carboxylic acids is 1. The van der Waals surface area contributed by atoms with E-state index in [1.54, 1.807) is 24.3 Å². The van der Waals surface area contributed by atoms with Gasteiger partial charge in [0.2, 0.25) is 0 Å². The lowest BCUT2D eigenvalue weighted by Crippen LogP contribution is -2.19. The minimum absolute atomic E-state index is 0.206. The normalized spacial score (nSPS) is 13.1. The first-order valence-electron chi connectivity index (χ1n) is 7.41. The maximum atomic E-state index is 12.4. The highest BCUT2D eigenvalue weighted by molar-refractivity contribution is 6.34. The van der Waals surface area contributed by atoms with Crippen molar-refractivity contribution in [1.82, 2.24) is 0 Å². The Kier molecular flexibility index (Phi) is 4.53. The molecule has 2 aromatic rings. The van der Waals surface area contributed by atoms with E-state index in [4.69, 9.17) is 16.3 Å². The van der Waals surface area contributed by atoms with E-state index >= 15 is 0 Å². The van der Waals surface area contributed by atoms with Crippen molar-refractivity contribution in [3.05, 3.63) is 58.6 Å². The highest BCUT2D eigenvalue weighted by Gasteiger charge is 2.15. The van der Waals surface area contributed by atoms with Crippen LogP contribution >= 0.6 is 11.6 Å². The molecule has 0 bridgehead atoms. The Morgan fingerprint density at radius 1 is 1.30 bits per heavy atom. The first-order chi connectivity index (χ1) is 11.2. The molecule has 0 aliphatic carbocycles. The van der Waals surface area contributed by atoms with Crippen LogP contribution in [0.15, 0.2) is 42.5 Å². The van der Waals surface area contributed by atoms with E-state index in [0.717, 1.165) is 17.8 Å². The van der Waals surface area contributed by atoms with E-state index in [1.807, 2.05) is 31.2 Å². The Bertz CT molecular complexity index is 754. The summed E-state index contributed by atoms with van der Waals surface area (Å²) in [5.41, 5.74) is 3.01. The molecule has 2 N–H and O–H groups in total. The molecule has 2 aromatic carbocycles. The summed E-state index contributed by atoms with van der Waals surface area (Å²) in [6.45, 7) is 3.29. The fourth-order valence-corrected chi connectivity index (χ4v) is 2.60. The van der Waals surface area contributed by atoms with Crippen molar-refractivity contribution in [2.75, 3.05) is 23.8 Å². The van der Waals surface area contributed by atoms with E-state index in [2.05, 4.69) is 10.6 Å². The molecule has 5 heteroatoms. The number of hydrogen-bond acceptors (Lipinski definition) is 3. The van der Waals surface area contributed by atoms with Crippen molar-refractivity contribution in [2.24, 2.45) is 0 Å². The molecule has 0 spiro atoms. The van der Waals surface area contributed by atoms with Gasteiger partial charge in [-0.1, -0.05) is 35.9 Å². The van der Waals surface area contributed by atoms with Crippen LogP contribution in [-0.4, -0.2) is 19.1 Å². The van der Waals surface area contributed by atoms with Crippen molar-refractivity contribution in [3.63, 3.8) is 0 Å². The summed E-state index contributed by atoms with van der Waals surface area (Å²) in [5.74, 6) is 0.488. The maximum absolute atomic E-state index is 12.4. The van der Waals surface area contributed by atoms with Gasteiger partial charge < -0.3 is 15.4 Å². The molecule has 3 rings (SSSR count). The van der Waals surface area contributed by atoms with Crippen LogP contribution in [0.2, 0.25) is 5.02 Å². The van der Waals surface area contributed by atoms with E-state index in [9.17, 15) is 4.79 Å². The number of nitrogens with one attached hydrogen (secondary N) is 2. The second-order valence-electron chi connectivity index (χ2n) is 5.18. The van der Waals surface area contributed by atoms with Crippen molar-refractivity contribution in [1.29, 1.82) is 0 Å². The Morgan fingerprint density at radius 2 is 2.09 bits per heavy atom. The van der Waals surface area contributed by atoms with E-state index < -0.39 is 0 Å². The second-order valence-corrected chi connectivity index (χ2v) is 5.59. The average Bonchev–Trinajstić information content (AvgIpc) is 2.56. The first-order valence-corrected chi connectivity index (χ1v) is 7.79. The van der Waals surface area contributed by atoms with Crippen molar-refractivity contribution in [2.45, 2.75) is 6.92 Å². The lowest BCUT2D eigenvalue weighted by atomic mass is 10.1. The Labute approximate surface area is 140 Å². The third-order valence-electron chi connectivity index (χ3n) is 3.52. The summed E-state index contributed by atoms with van der Waals surface area (Å²) < 4.78 is 5.57. The van der Waals surface area contributed by atoms with Gasteiger partial charge in [0, 0.05) is 18.2 Å². The van der Waals surface area contributed by atoms with Gasteiger partial charge in [-0.2, -0.15) is 0 Å². The predicted octanol–water partition coefficient (Wildman–Crippen LogP) is 4.43. The van der Waals surface area contributed by atoms with Gasteiger partial charge in [-0.05, 0) is 30.7 Å². The van der Waals surface area contributed by atoms with E-state index in [-0.39, 0.29) is 5.91 Å². The van der Waals surface area contributed by atoms with Gasteiger partial charge in [0.1, 0.15) is 12.4 Å². The maximum Gasteiger partial charge on any atom is 0.255 e. The highest BCUT2D eigenvalue weighted by atomic mass is 35.5. The molecule has 0 unspecified atom stereocenters. The van der Waals surface area contributed by atoms with Crippen LogP contribution in [0.25, 0.3) is 6.08 Å². The standard InChI is InChI=1S/C18H17ClN2O2/c1-2-3-12-4-6-13(7-5-12)18(22)21-15-11-17-16(10-14(15)19)20-8-9-23-17/h2-7,10-11,20H,8-9H2,1H3,(H,21,22)/b3-2+. The molecule has 1 heterocycles. The van der Waals surface area contributed by atoms with Crippen LogP contribution in [0.3, 0.4) is 0 Å². The Hall–Kier alpha value is -2.46. The molecular weight excluding hydrogens is 312 g/mol. The SMILES string of the molecule is C/C=C/c1ccc(C(=O)Nc2cc3c(cc2Cl)NCCO3)cc1. The molecule has 1 aliphatic heterocycles. The smallest absolute Gasteiger partial charge is 0.255 e. The summed E-state index contributed by atoms with van der Waals surface area (Å²) in [6.07, 6.45) is 3.93. The van der Waals surface area contributed by atoms with Crippen LogP contribution < -0.4 is 15.4 Å². The van der Waals surface area contributed by atoms with Crippen LogP contribution in [0.1, 0.15) is 22.8 Å². The number of anilines is 2. The summed E-state index contributed by atoms with van der Waals surface area (Å²) in [4.78, 5) is 12.4. The number of rotatable bonds is 3. The summed E-state index contributed by atoms with van der Waals surface area (Å²) >= 11 is 6.24. The number of benzene rings is 2. The lowest BCUT2D eigenvalue weighted by molar-refractivity contribution is 0.102. The zero-order valence-electron chi connectivity index (χ0n) is 12.7. The second kappa shape index (κ2) is 6.75. The van der Waals surface area contributed by atoms with Crippen molar-refractivity contribution >= 4 is 35.0 Å². The number of allylic oxidation sites excluding steroid dienone is 1. The topological polar surface area (TPSA) is 50.4 Å². The third-order valence-corrected chi connectivity index (χ3v) is 3.84. The van der Waals surface area contributed by atoms with Crippen LogP contribution in [0.5, 0.6) is 5.75 Å². The average molecular weight is 329 g/mol. The van der Waals surface area contributed by atoms with Crippen molar-refractivity contribution < 1.29 is 9.53 Å². The minimum Gasteiger partial charge on any atom is -0.490 e. The molecule has 0 saturated heterocycles. The van der Waals surface area contributed by atoms with Crippen LogP contribution in [0, 0.1) is 0 Å². The molecule has 0 atom stereocenters. The van der Waals surface area contributed by atoms with Gasteiger partial charge >= 0.3 is 0 Å². The van der Waals surface area contributed by atoms with Gasteiger partial charge in [-0.25, -0.2) is 0 Å². The summed E-state index contributed by atoms with van der Waals surface area (Å²) in [7, 11) is 0. The van der Waals surface area contributed by atoms with Gasteiger partial charge in [-0.15, -0.1) is 0 Å². The molecular formula is C18H17ClN2O2. The fraction of sp³-hybridized carbons (Fsp3) is 0.167. The van der Waals surface area contributed by atoms with Gasteiger partial charge in [0.15, 0.2) is 0 Å². The molecule has 0 radical (unpaired) electrons. The van der Waals surface area contributed by atoms with E-state index in [0.29, 0.717) is 28.6 Å². The zero-order valence-corrected chi connectivity index (χ0v) is 13.5. The van der Waals surface area contributed by atoms with Crippen molar-refractivity contribution in [3.8, 4) is 5.75 Å². The molecule has 118 valence electrons. The summed E-state index contributed by atoms with van der Waals surface area (Å²) in [6, 6.07) is 10.9. The highest BCUT2D eigenvalue weighted by Crippen LogP contribution is 2.36. The van der Waals surface area contributed by atoms with Gasteiger partial charge in [0.05, 0.1) is 16.4 Å². The van der Waals surface area contributed by atoms with Gasteiger partial charge in [0.25, 0.3) is 5.91 Å². The van der Waals surface area contributed by atoms with E-state index in [1.165, 1.54) is 0 Å². The zero-order chi connectivity index (χ0) is 16.2. The molecule has 0 saturated carbocycles. The number of hydrogen-bond donors (Lipinski definition) is 2. The number of carbonyl (C=O) groups is 1. The van der Waals surface area contributed by atoms with Crippen LogP contribution in [-0.2, 0) is 0 Å². The predicted molar refractivity (Wildman–Crippen MR) is 94.5 cm³/mol. The Balaban J connectivity index is 1.79. The monoisotopic (exact) mass is 328 g/mol. The first kappa shape index (κ1) is 15.4. The number of ether oxygens (including phenoxy) is 1. The molecule has 0 aromatic heterocycles. The molecule has 1 amide bonds.